The van der Waals surface area contributed by atoms with Gasteiger partial charge < -0.3 is 23.4 Å². The van der Waals surface area contributed by atoms with Gasteiger partial charge in [0.05, 0.1) is 55.4 Å². The number of nitrogens with zero attached hydrogens (tertiary/aromatic N) is 4. The zero-order valence-electron chi connectivity index (χ0n) is 76.6. The number of fused-ring (bicyclic) bond motifs is 9. The maximum atomic E-state index is 9.90. The fourth-order valence-corrected chi connectivity index (χ4v) is 15.9. The molecule has 0 unspecified atom stereocenters. The summed E-state index contributed by atoms with van der Waals surface area (Å²) in [5.41, 5.74) is 17.1. The maximum absolute atomic E-state index is 9.90. The number of anilines is 6. The topological polar surface area (TPSA) is 29.5 Å². The van der Waals surface area contributed by atoms with Crippen molar-refractivity contribution in [2.24, 2.45) is 0 Å². The molecule has 111 heavy (non-hydrogen) atoms. The molecule has 0 aliphatic heterocycles. The monoisotopic (exact) mass is 1440 g/mol. The van der Waals surface area contributed by atoms with Crippen LogP contribution in [0.1, 0.15) is 48.3 Å². The van der Waals surface area contributed by atoms with Gasteiger partial charge in [0.1, 0.15) is 11.2 Å². The van der Waals surface area contributed by atoms with Crippen LogP contribution < -0.4 is 9.80 Å². The normalized spacial score (nSPS) is 13.8. The Balaban J connectivity index is 0.985. The second-order valence-corrected chi connectivity index (χ2v) is 28.8. The zero-order chi connectivity index (χ0) is 88.0. The number of benzene rings is 17. The number of para-hydroxylation sites is 6. The molecular formula is C106H76N4O. The minimum absolute atomic E-state index is 0.0648. The average molecular weight is 1440 g/mol. The predicted molar refractivity (Wildman–Crippen MR) is 469 cm³/mol. The van der Waals surface area contributed by atoms with E-state index in [-0.39, 0.29) is 55.0 Å². The lowest BCUT2D eigenvalue weighted by molar-refractivity contribution is 0.591. The third-order valence-corrected chi connectivity index (χ3v) is 21.1. The SMILES string of the molecule is [2H]c1c([2H])c([2H])c2c(c1[2H])c1c([2H])c([2H])c([2H])c([2H])c1n2-c1cccc(N(c2cc(-c3ccc4oc5ccccc5c4c3)cc(N(c3cccc(-n4c5c([2H])c([2H])c([2H])c([2H])c5c5c([2H])c([2H])c([2H])c([2H])c54)c3)c3c(-c4cccc(-c5ccccc5)c4)cc(C(C)(C)C)cc3-c3cccc(-c4ccccc4)c3)c2)c2c(-c3ccccc3)cccc2-c2ccccc2)c1. The summed E-state index contributed by atoms with van der Waals surface area (Å²) in [6.07, 6.45) is 0. The van der Waals surface area contributed by atoms with Crippen molar-refractivity contribution >= 4 is 99.7 Å². The molecule has 20 rings (SSSR count). The number of hydrogen-bond donors (Lipinski definition) is 0. The Morgan fingerprint density at radius 1 is 0.252 bits per heavy atom. The zero-order valence-corrected chi connectivity index (χ0v) is 60.6. The Morgan fingerprint density at radius 3 is 1.08 bits per heavy atom. The van der Waals surface area contributed by atoms with Crippen molar-refractivity contribution < 1.29 is 26.3 Å². The first-order valence-electron chi connectivity index (χ1n) is 45.0. The predicted octanol–water partition coefficient (Wildman–Crippen LogP) is 29.7. The standard InChI is InChI=1S/C106H76N4O/c1-106(2,3)81-66-95(78-41-26-39-75(61-78)71-31-8-4-9-32-71)105(96(67-81)79-42-27-40-76(62-79)72-33-10-5-11-34-72)108(83-44-29-46-85(69-83)110-100-56-23-18-49-92(100)93-50-19-24-57-101(93)110)87-64-80(77-59-60-103-97(65-77)94-51-20-25-58-102(94)111-103)63-86(70-87)107(104-88(73-35-12-6-13-36-73)52-30-53-89(104)74-37-14-7-15-38-74)82-43-28-45-84(68-82)109-98-54-21-16-47-90(98)91-48-17-22-55-99(91)109/h4-70H,1-3H3/i16D,17D,18D,19D,21D,22D,23D,24D,47D,48D,49D,50D,54D,55D,56D,57D. The van der Waals surface area contributed by atoms with Crippen molar-refractivity contribution in [3.63, 3.8) is 0 Å². The van der Waals surface area contributed by atoms with E-state index < -0.39 is 102 Å². The molecule has 526 valence electrons. The van der Waals surface area contributed by atoms with Crippen molar-refractivity contribution in [1.29, 1.82) is 0 Å². The molecule has 0 aliphatic rings. The molecule has 3 aromatic heterocycles. The van der Waals surface area contributed by atoms with E-state index in [2.05, 4.69) is 176 Å². The summed E-state index contributed by atoms with van der Waals surface area (Å²) in [6, 6.07) is 95.2. The molecule has 0 atom stereocenters. The molecule has 0 radical (unpaired) electrons. The molecule has 0 N–H and O–H groups in total. The summed E-state index contributed by atoms with van der Waals surface area (Å²) in [5.74, 6) is 0. The van der Waals surface area contributed by atoms with Gasteiger partial charge in [0.25, 0.3) is 0 Å². The first-order valence-corrected chi connectivity index (χ1v) is 37.0. The van der Waals surface area contributed by atoms with Crippen LogP contribution in [-0.4, -0.2) is 9.13 Å². The number of furan rings is 1. The highest BCUT2D eigenvalue weighted by Gasteiger charge is 2.31. The molecule has 20 aromatic rings. The van der Waals surface area contributed by atoms with E-state index in [0.29, 0.717) is 50.9 Å². The Labute approximate surface area is 668 Å². The highest BCUT2D eigenvalue weighted by Crippen LogP contribution is 2.55. The van der Waals surface area contributed by atoms with Gasteiger partial charge in [-0.15, -0.1) is 0 Å². The quantitative estimate of drug-likeness (QED) is 0.102. The van der Waals surface area contributed by atoms with E-state index in [4.69, 9.17) is 9.90 Å². The van der Waals surface area contributed by atoms with Crippen LogP contribution in [0.3, 0.4) is 0 Å². The van der Waals surface area contributed by atoms with Gasteiger partial charge in [-0.05, 0) is 188 Å². The van der Waals surface area contributed by atoms with Crippen molar-refractivity contribution in [2.45, 2.75) is 26.2 Å². The average Bonchev–Trinajstić information content (AvgIpc) is 1.37. The first-order chi connectivity index (χ1) is 61.3. The van der Waals surface area contributed by atoms with E-state index >= 15 is 0 Å². The second kappa shape index (κ2) is 27.5. The van der Waals surface area contributed by atoms with Crippen LogP contribution >= 0.6 is 0 Å². The molecule has 5 heteroatoms. The summed E-state index contributed by atoms with van der Waals surface area (Å²) < 4.78 is 161. The largest absolute Gasteiger partial charge is 0.456 e. The molecule has 0 spiro atoms. The van der Waals surface area contributed by atoms with Gasteiger partial charge in [0.2, 0.25) is 0 Å². The lowest BCUT2D eigenvalue weighted by atomic mass is 9.81. The Morgan fingerprint density at radius 2 is 0.622 bits per heavy atom. The van der Waals surface area contributed by atoms with Crippen LogP contribution in [0.2, 0.25) is 0 Å². The maximum Gasteiger partial charge on any atom is 0.135 e. The molecule has 3 heterocycles. The summed E-state index contributed by atoms with van der Waals surface area (Å²) in [7, 11) is 0. The van der Waals surface area contributed by atoms with E-state index in [1.54, 1.807) is 16.7 Å². The summed E-state index contributed by atoms with van der Waals surface area (Å²) in [4.78, 5) is 4.40. The van der Waals surface area contributed by atoms with E-state index in [0.717, 1.165) is 88.7 Å². The summed E-state index contributed by atoms with van der Waals surface area (Å²) in [6.45, 7) is 6.59. The molecule has 0 aliphatic carbocycles. The van der Waals surface area contributed by atoms with E-state index in [1.165, 1.54) is 4.57 Å². The summed E-state index contributed by atoms with van der Waals surface area (Å²) in [5, 5.41) is 1.36. The molecular weight excluding hydrogens is 1350 g/mol. The summed E-state index contributed by atoms with van der Waals surface area (Å²) >= 11 is 0. The van der Waals surface area contributed by atoms with Crippen LogP contribution in [0.25, 0.3) is 155 Å². The second-order valence-electron chi connectivity index (χ2n) is 28.8. The van der Waals surface area contributed by atoms with Crippen molar-refractivity contribution in [2.75, 3.05) is 9.80 Å². The Bertz CT molecular complexity index is 7650. The van der Waals surface area contributed by atoms with Crippen LogP contribution in [0.5, 0.6) is 0 Å². The van der Waals surface area contributed by atoms with Gasteiger partial charge in [0.15, 0.2) is 0 Å². The van der Waals surface area contributed by atoms with E-state index in [1.807, 2.05) is 152 Å². The third kappa shape index (κ3) is 11.9. The van der Waals surface area contributed by atoms with Crippen LogP contribution in [0.15, 0.2) is 410 Å². The lowest BCUT2D eigenvalue weighted by Crippen LogP contribution is -2.18. The van der Waals surface area contributed by atoms with Gasteiger partial charge >= 0.3 is 0 Å². The smallest absolute Gasteiger partial charge is 0.135 e. The highest BCUT2D eigenvalue weighted by atomic mass is 16.3. The van der Waals surface area contributed by atoms with Gasteiger partial charge in [0, 0.05) is 88.7 Å². The van der Waals surface area contributed by atoms with Crippen LogP contribution in [-0.2, 0) is 5.41 Å². The molecule has 0 saturated heterocycles. The Hall–Kier alpha value is -14.3. The minimum atomic E-state index is -0.576. The van der Waals surface area contributed by atoms with Crippen molar-refractivity contribution in [3.8, 4) is 89.3 Å². The molecule has 0 bridgehead atoms. The van der Waals surface area contributed by atoms with Crippen LogP contribution in [0.4, 0.5) is 34.1 Å². The molecule has 0 fully saturated rings. The van der Waals surface area contributed by atoms with Crippen molar-refractivity contribution in [1.82, 2.24) is 9.13 Å². The van der Waals surface area contributed by atoms with Crippen LogP contribution in [0, 0.1) is 0 Å². The highest BCUT2D eigenvalue weighted by molar-refractivity contribution is 6.12. The molecule has 0 saturated carbocycles. The number of rotatable bonds is 15. The van der Waals surface area contributed by atoms with Gasteiger partial charge in [-0.25, -0.2) is 0 Å². The van der Waals surface area contributed by atoms with Gasteiger partial charge in [-0.3, -0.25) is 0 Å². The van der Waals surface area contributed by atoms with Gasteiger partial charge in [-0.2, -0.15) is 0 Å². The fraction of sp³-hybridized carbons (Fsp3) is 0.0377. The third-order valence-electron chi connectivity index (χ3n) is 21.1. The molecule has 5 nitrogen and oxygen atoms in total. The lowest BCUT2D eigenvalue weighted by Gasteiger charge is -2.35. The molecule has 17 aromatic carbocycles. The minimum Gasteiger partial charge on any atom is -0.456 e. The first kappa shape index (κ1) is 51.1. The van der Waals surface area contributed by atoms with E-state index in [9.17, 15) is 16.4 Å². The van der Waals surface area contributed by atoms with Crippen molar-refractivity contribution in [3.05, 3.63) is 412 Å². The fourth-order valence-electron chi connectivity index (χ4n) is 15.9. The Kier molecular flexibility index (Phi) is 12.7. The molecule has 0 amide bonds. The number of hydrogen-bond acceptors (Lipinski definition) is 3. The van der Waals surface area contributed by atoms with Gasteiger partial charge in [-0.1, -0.05) is 306 Å². The number of aromatic nitrogens is 2.